The van der Waals surface area contributed by atoms with Crippen LogP contribution in [0.15, 0.2) is 18.2 Å². The summed E-state index contributed by atoms with van der Waals surface area (Å²) in [4.78, 5) is 0. The Morgan fingerprint density at radius 1 is 1.42 bits per heavy atom. The summed E-state index contributed by atoms with van der Waals surface area (Å²) in [6.45, 7) is 2.00. The number of benzene rings is 1. The van der Waals surface area contributed by atoms with Gasteiger partial charge in [-0.1, -0.05) is 25.1 Å². The zero-order valence-electron chi connectivity index (χ0n) is 7.31. The molecule has 0 heterocycles. The SMILES string of the molecule is CCc1cccc(C2CC2)c1F. The van der Waals surface area contributed by atoms with E-state index in [1.54, 1.807) is 0 Å². The van der Waals surface area contributed by atoms with Crippen molar-refractivity contribution in [1.82, 2.24) is 0 Å². The average Bonchev–Trinajstić information content (AvgIpc) is 2.88. The van der Waals surface area contributed by atoms with Crippen LogP contribution in [0, 0.1) is 5.82 Å². The monoisotopic (exact) mass is 164 g/mol. The molecule has 0 amide bonds. The van der Waals surface area contributed by atoms with Gasteiger partial charge in [0.1, 0.15) is 5.82 Å². The summed E-state index contributed by atoms with van der Waals surface area (Å²) in [6.07, 6.45) is 3.14. The molecule has 0 nitrogen and oxygen atoms in total. The van der Waals surface area contributed by atoms with Gasteiger partial charge >= 0.3 is 0 Å². The fourth-order valence-electron chi connectivity index (χ4n) is 1.58. The smallest absolute Gasteiger partial charge is 0.129 e. The van der Waals surface area contributed by atoms with Crippen molar-refractivity contribution >= 4 is 0 Å². The topological polar surface area (TPSA) is 0 Å². The Balaban J connectivity index is 2.40. The Labute approximate surface area is 72.4 Å². The Kier molecular flexibility index (Phi) is 1.87. The predicted molar refractivity (Wildman–Crippen MR) is 47.8 cm³/mol. The summed E-state index contributed by atoms with van der Waals surface area (Å²) in [5.41, 5.74) is 1.80. The third-order valence-corrected chi connectivity index (χ3v) is 2.51. The minimum Gasteiger partial charge on any atom is -0.206 e. The van der Waals surface area contributed by atoms with Gasteiger partial charge in [-0.2, -0.15) is 0 Å². The van der Waals surface area contributed by atoms with Crippen molar-refractivity contribution in [2.24, 2.45) is 0 Å². The van der Waals surface area contributed by atoms with E-state index in [0.29, 0.717) is 5.92 Å². The van der Waals surface area contributed by atoms with E-state index in [1.807, 2.05) is 25.1 Å². The Morgan fingerprint density at radius 2 is 2.17 bits per heavy atom. The van der Waals surface area contributed by atoms with Crippen molar-refractivity contribution in [1.29, 1.82) is 0 Å². The first-order valence-electron chi connectivity index (χ1n) is 4.60. The number of hydrogen-bond acceptors (Lipinski definition) is 0. The zero-order valence-corrected chi connectivity index (χ0v) is 7.31. The molecule has 1 aromatic carbocycles. The second-order valence-corrected chi connectivity index (χ2v) is 3.45. The molecule has 1 aromatic rings. The molecule has 1 fully saturated rings. The van der Waals surface area contributed by atoms with Crippen LogP contribution >= 0.6 is 0 Å². The fourth-order valence-corrected chi connectivity index (χ4v) is 1.58. The second kappa shape index (κ2) is 2.89. The first-order chi connectivity index (χ1) is 5.83. The Morgan fingerprint density at radius 3 is 2.75 bits per heavy atom. The Bertz CT molecular complexity index is 287. The van der Waals surface area contributed by atoms with Crippen molar-refractivity contribution in [3.63, 3.8) is 0 Å². The lowest BCUT2D eigenvalue weighted by molar-refractivity contribution is 0.596. The van der Waals surface area contributed by atoms with Gasteiger partial charge in [-0.25, -0.2) is 4.39 Å². The lowest BCUT2D eigenvalue weighted by atomic mass is 10.0. The first kappa shape index (κ1) is 7.78. The van der Waals surface area contributed by atoms with E-state index in [1.165, 1.54) is 12.8 Å². The summed E-state index contributed by atoms with van der Waals surface area (Å²) in [5.74, 6) is 0.569. The van der Waals surface area contributed by atoms with Crippen LogP contribution in [0.1, 0.15) is 36.8 Å². The fraction of sp³-hybridized carbons (Fsp3) is 0.455. The summed E-state index contributed by atoms with van der Waals surface area (Å²) in [7, 11) is 0. The molecule has 0 aliphatic heterocycles. The largest absolute Gasteiger partial charge is 0.206 e. The van der Waals surface area contributed by atoms with E-state index in [2.05, 4.69) is 0 Å². The summed E-state index contributed by atoms with van der Waals surface area (Å²) in [5, 5.41) is 0. The number of hydrogen-bond donors (Lipinski definition) is 0. The molecule has 0 aromatic heterocycles. The quantitative estimate of drug-likeness (QED) is 0.629. The zero-order chi connectivity index (χ0) is 8.55. The molecule has 0 atom stereocenters. The average molecular weight is 164 g/mol. The van der Waals surface area contributed by atoms with Gasteiger partial charge in [-0.15, -0.1) is 0 Å². The first-order valence-corrected chi connectivity index (χ1v) is 4.60. The van der Waals surface area contributed by atoms with Crippen molar-refractivity contribution in [3.05, 3.63) is 35.1 Å². The molecule has 0 unspecified atom stereocenters. The van der Waals surface area contributed by atoms with E-state index in [4.69, 9.17) is 0 Å². The minimum atomic E-state index is 0.0440. The van der Waals surface area contributed by atoms with Crippen LogP contribution in [0.4, 0.5) is 4.39 Å². The Hall–Kier alpha value is -0.850. The lowest BCUT2D eigenvalue weighted by Crippen LogP contribution is -1.93. The van der Waals surface area contributed by atoms with E-state index in [9.17, 15) is 4.39 Å². The van der Waals surface area contributed by atoms with Gasteiger partial charge < -0.3 is 0 Å². The second-order valence-electron chi connectivity index (χ2n) is 3.45. The molecule has 2 rings (SSSR count). The van der Waals surface area contributed by atoms with Gasteiger partial charge in [0, 0.05) is 0 Å². The minimum absolute atomic E-state index is 0.0440. The van der Waals surface area contributed by atoms with Crippen molar-refractivity contribution < 1.29 is 4.39 Å². The summed E-state index contributed by atoms with van der Waals surface area (Å²) in [6, 6.07) is 5.77. The molecule has 0 bridgehead atoms. The maximum Gasteiger partial charge on any atom is 0.129 e. The van der Waals surface area contributed by atoms with Gasteiger partial charge in [0.2, 0.25) is 0 Å². The van der Waals surface area contributed by atoms with Crippen LogP contribution in [0.25, 0.3) is 0 Å². The highest BCUT2D eigenvalue weighted by atomic mass is 19.1. The molecule has 1 aliphatic carbocycles. The van der Waals surface area contributed by atoms with Gasteiger partial charge in [-0.3, -0.25) is 0 Å². The maximum atomic E-state index is 13.6. The molecule has 0 saturated heterocycles. The molecule has 1 heteroatoms. The molecule has 12 heavy (non-hydrogen) atoms. The number of halogens is 1. The maximum absolute atomic E-state index is 13.6. The van der Waals surface area contributed by atoms with Crippen LogP contribution < -0.4 is 0 Å². The third kappa shape index (κ3) is 1.24. The van der Waals surface area contributed by atoms with Gasteiger partial charge in [0.15, 0.2) is 0 Å². The number of aryl methyl sites for hydroxylation is 1. The molecule has 0 radical (unpaired) electrons. The summed E-state index contributed by atoms with van der Waals surface area (Å²) >= 11 is 0. The van der Waals surface area contributed by atoms with Crippen LogP contribution in [-0.2, 0) is 6.42 Å². The highest BCUT2D eigenvalue weighted by Gasteiger charge is 2.26. The van der Waals surface area contributed by atoms with Crippen molar-refractivity contribution in [2.45, 2.75) is 32.1 Å². The van der Waals surface area contributed by atoms with Crippen LogP contribution in [0.3, 0.4) is 0 Å². The van der Waals surface area contributed by atoms with E-state index >= 15 is 0 Å². The molecular formula is C11H13F. The highest BCUT2D eigenvalue weighted by molar-refractivity contribution is 5.31. The van der Waals surface area contributed by atoms with Gasteiger partial charge in [0.05, 0.1) is 0 Å². The standard InChI is InChI=1S/C11H13F/c1-2-8-4-3-5-10(11(8)12)9-6-7-9/h3-5,9H,2,6-7H2,1H3. The van der Waals surface area contributed by atoms with E-state index < -0.39 is 0 Å². The van der Waals surface area contributed by atoms with Gasteiger partial charge in [0.25, 0.3) is 0 Å². The van der Waals surface area contributed by atoms with Crippen LogP contribution in [-0.4, -0.2) is 0 Å². The van der Waals surface area contributed by atoms with E-state index in [0.717, 1.165) is 17.5 Å². The van der Waals surface area contributed by atoms with Crippen molar-refractivity contribution in [3.8, 4) is 0 Å². The van der Waals surface area contributed by atoms with E-state index in [-0.39, 0.29) is 5.82 Å². The number of rotatable bonds is 2. The van der Waals surface area contributed by atoms with Crippen molar-refractivity contribution in [2.75, 3.05) is 0 Å². The molecular weight excluding hydrogens is 151 g/mol. The normalized spacial score (nSPS) is 16.5. The third-order valence-electron chi connectivity index (χ3n) is 2.51. The predicted octanol–water partition coefficient (Wildman–Crippen LogP) is 3.27. The molecule has 64 valence electrons. The molecule has 0 spiro atoms. The van der Waals surface area contributed by atoms with Gasteiger partial charge in [-0.05, 0) is 36.3 Å². The summed E-state index contributed by atoms with van der Waals surface area (Å²) < 4.78 is 13.6. The van der Waals surface area contributed by atoms with Crippen LogP contribution in [0.5, 0.6) is 0 Å². The lowest BCUT2D eigenvalue weighted by Gasteiger charge is -2.04. The molecule has 0 N–H and O–H groups in total. The highest BCUT2D eigenvalue weighted by Crippen LogP contribution is 2.41. The molecule has 1 saturated carbocycles. The molecule has 1 aliphatic rings. The van der Waals surface area contributed by atoms with Crippen LogP contribution in [0.2, 0.25) is 0 Å².